The van der Waals surface area contributed by atoms with Crippen molar-refractivity contribution in [1.29, 1.82) is 0 Å². The second-order valence-corrected chi connectivity index (χ2v) is 4.93. The second kappa shape index (κ2) is 5.76. The van der Waals surface area contributed by atoms with Gasteiger partial charge < -0.3 is 4.74 Å². The quantitative estimate of drug-likeness (QED) is 0.355. The van der Waals surface area contributed by atoms with Gasteiger partial charge in [-0.2, -0.15) is 8.78 Å². The Hall–Kier alpha value is -0.440. The number of ether oxygens (including phenoxy) is 1. The molecule has 1 atom stereocenters. The zero-order chi connectivity index (χ0) is 13.0. The highest BCUT2D eigenvalue weighted by Crippen LogP contribution is 2.35. The minimum Gasteiger partial charge on any atom is -0.455 e. The first-order chi connectivity index (χ1) is 7.11. The summed E-state index contributed by atoms with van der Waals surface area (Å²) in [5.41, 5.74) is -0.872. The van der Waals surface area contributed by atoms with Gasteiger partial charge in [0.05, 0.1) is 5.41 Å². The standard InChI is InChI=1S/C8H14F2O5S/c1-5(8(9,10)16-15-14-12)13-6(11)7(2,3)4/h5,12H,1-4H3. The maximum atomic E-state index is 13.1. The fraction of sp³-hybridized carbons (Fsp3) is 0.875. The van der Waals surface area contributed by atoms with Crippen molar-refractivity contribution in [3.63, 3.8) is 0 Å². The van der Waals surface area contributed by atoms with Gasteiger partial charge in [-0.05, 0) is 27.7 Å². The van der Waals surface area contributed by atoms with Crippen LogP contribution in [0.5, 0.6) is 0 Å². The molecule has 0 aliphatic heterocycles. The Morgan fingerprint density at radius 1 is 1.38 bits per heavy atom. The Kier molecular flexibility index (Phi) is 5.60. The molecule has 0 aromatic heterocycles. The van der Waals surface area contributed by atoms with E-state index in [4.69, 9.17) is 5.26 Å². The fourth-order valence-corrected chi connectivity index (χ4v) is 0.839. The third-order valence-corrected chi connectivity index (χ3v) is 2.23. The van der Waals surface area contributed by atoms with E-state index < -0.39 is 34.8 Å². The summed E-state index contributed by atoms with van der Waals surface area (Å²) in [7, 11) is 0. The normalized spacial score (nSPS) is 14.7. The number of carbonyl (C=O) groups excluding carboxylic acids is 1. The van der Waals surface area contributed by atoms with E-state index in [2.05, 4.69) is 14.1 Å². The number of hydrogen-bond acceptors (Lipinski definition) is 6. The minimum atomic E-state index is -3.52. The Balaban J connectivity index is 4.34. The van der Waals surface area contributed by atoms with Gasteiger partial charge in [0, 0.05) is 0 Å². The molecule has 0 heterocycles. The molecule has 0 saturated carbocycles. The van der Waals surface area contributed by atoms with Crippen molar-refractivity contribution in [2.24, 2.45) is 5.41 Å². The van der Waals surface area contributed by atoms with Crippen LogP contribution in [0.25, 0.3) is 0 Å². The molecule has 0 aromatic rings. The smallest absolute Gasteiger partial charge is 0.356 e. The van der Waals surface area contributed by atoms with Gasteiger partial charge in [-0.1, -0.05) is 5.04 Å². The third kappa shape index (κ3) is 5.06. The predicted molar refractivity (Wildman–Crippen MR) is 52.3 cm³/mol. The van der Waals surface area contributed by atoms with E-state index in [1.54, 1.807) is 20.8 Å². The monoisotopic (exact) mass is 260 g/mol. The van der Waals surface area contributed by atoms with E-state index >= 15 is 0 Å². The van der Waals surface area contributed by atoms with Gasteiger partial charge in [0.2, 0.25) is 0 Å². The number of esters is 1. The highest BCUT2D eigenvalue weighted by molar-refractivity contribution is 7.95. The van der Waals surface area contributed by atoms with Crippen molar-refractivity contribution in [1.82, 2.24) is 0 Å². The molecule has 0 radical (unpaired) electrons. The van der Waals surface area contributed by atoms with E-state index in [0.29, 0.717) is 0 Å². The minimum absolute atomic E-state index is 0.443. The van der Waals surface area contributed by atoms with Gasteiger partial charge in [-0.15, -0.1) is 4.33 Å². The highest BCUT2D eigenvalue weighted by Gasteiger charge is 2.43. The summed E-state index contributed by atoms with van der Waals surface area (Å²) in [6.07, 6.45) is -1.71. The van der Waals surface area contributed by atoms with Crippen LogP contribution in [0.15, 0.2) is 0 Å². The first-order valence-corrected chi connectivity index (χ1v) is 5.10. The lowest BCUT2D eigenvalue weighted by Gasteiger charge is -2.24. The number of rotatable bonds is 5. The van der Waals surface area contributed by atoms with Crippen molar-refractivity contribution in [2.45, 2.75) is 39.1 Å². The van der Waals surface area contributed by atoms with Crippen LogP contribution in [0.2, 0.25) is 0 Å². The van der Waals surface area contributed by atoms with Gasteiger partial charge in [-0.25, -0.2) is 5.26 Å². The van der Waals surface area contributed by atoms with E-state index in [1.807, 2.05) is 0 Å². The fourth-order valence-electron chi connectivity index (χ4n) is 0.534. The average molecular weight is 260 g/mol. The molecule has 1 N–H and O–H groups in total. The van der Waals surface area contributed by atoms with Gasteiger partial charge in [0.1, 0.15) is 12.0 Å². The summed E-state index contributed by atoms with van der Waals surface area (Å²) < 4.78 is 34.4. The summed E-state index contributed by atoms with van der Waals surface area (Å²) >= 11 is -0.443. The van der Waals surface area contributed by atoms with Crippen molar-refractivity contribution in [2.75, 3.05) is 0 Å². The number of halogens is 2. The van der Waals surface area contributed by atoms with Crippen LogP contribution in [0, 0.1) is 5.41 Å². The van der Waals surface area contributed by atoms with E-state index in [9.17, 15) is 13.6 Å². The Bertz CT molecular complexity index is 241. The van der Waals surface area contributed by atoms with Gasteiger partial charge in [0.15, 0.2) is 6.10 Å². The molecule has 1 unspecified atom stereocenters. The molecular weight excluding hydrogens is 246 g/mol. The largest absolute Gasteiger partial charge is 0.455 e. The number of carbonyl (C=O) groups is 1. The Labute approximate surface area is 96.1 Å². The first-order valence-electron chi connectivity index (χ1n) is 4.36. The summed E-state index contributed by atoms with van der Waals surface area (Å²) in [6.45, 7) is 5.64. The second-order valence-electron chi connectivity index (χ2n) is 4.09. The molecule has 0 amide bonds. The molecule has 16 heavy (non-hydrogen) atoms. The van der Waals surface area contributed by atoms with E-state index in [-0.39, 0.29) is 0 Å². The predicted octanol–water partition coefficient (Wildman–Crippen LogP) is 2.63. The van der Waals surface area contributed by atoms with Crippen LogP contribution < -0.4 is 0 Å². The molecular formula is C8H14F2O5S. The summed E-state index contributed by atoms with van der Waals surface area (Å²) in [5, 5.41) is 7.26. The average Bonchev–Trinajstić information content (AvgIpc) is 2.13. The van der Waals surface area contributed by atoms with Crippen LogP contribution >= 0.6 is 12.0 Å². The number of hydrogen-bond donors (Lipinski definition) is 1. The molecule has 0 aliphatic carbocycles. The van der Waals surface area contributed by atoms with Crippen LogP contribution in [-0.2, 0) is 18.9 Å². The van der Waals surface area contributed by atoms with Crippen LogP contribution in [0.1, 0.15) is 27.7 Å². The molecule has 5 nitrogen and oxygen atoms in total. The van der Waals surface area contributed by atoms with Crippen molar-refractivity contribution in [3.05, 3.63) is 0 Å². The zero-order valence-corrected chi connectivity index (χ0v) is 10.1. The lowest BCUT2D eigenvalue weighted by atomic mass is 9.97. The SMILES string of the molecule is CC(OC(=O)C(C)(C)C)C(F)(F)SOOO. The maximum absolute atomic E-state index is 13.1. The topological polar surface area (TPSA) is 65.0 Å². The van der Waals surface area contributed by atoms with Crippen molar-refractivity contribution >= 4 is 18.0 Å². The van der Waals surface area contributed by atoms with Crippen LogP contribution in [0.3, 0.4) is 0 Å². The van der Waals surface area contributed by atoms with E-state index in [1.165, 1.54) is 0 Å². The molecule has 0 fully saturated rings. The molecule has 0 aliphatic rings. The molecule has 0 rings (SSSR count). The van der Waals surface area contributed by atoms with Crippen molar-refractivity contribution in [3.8, 4) is 0 Å². The molecule has 96 valence electrons. The molecule has 0 bridgehead atoms. The van der Waals surface area contributed by atoms with E-state index in [0.717, 1.165) is 6.92 Å². The molecule has 8 heteroatoms. The molecule has 0 saturated heterocycles. The Morgan fingerprint density at radius 3 is 2.25 bits per heavy atom. The lowest BCUT2D eigenvalue weighted by Crippen LogP contribution is -2.36. The van der Waals surface area contributed by atoms with Crippen LogP contribution in [-0.4, -0.2) is 22.6 Å². The summed E-state index contributed by atoms with van der Waals surface area (Å²) in [6, 6.07) is 0. The van der Waals surface area contributed by atoms with Gasteiger partial charge >= 0.3 is 11.2 Å². The highest BCUT2D eigenvalue weighted by atomic mass is 32.2. The van der Waals surface area contributed by atoms with Crippen molar-refractivity contribution < 1.29 is 32.9 Å². The maximum Gasteiger partial charge on any atom is 0.356 e. The molecule has 0 aromatic carbocycles. The molecule has 0 spiro atoms. The summed E-state index contributed by atoms with van der Waals surface area (Å²) in [5.74, 6) is -0.759. The summed E-state index contributed by atoms with van der Waals surface area (Å²) in [4.78, 5) is 11.3. The number of alkyl halides is 2. The van der Waals surface area contributed by atoms with Gasteiger partial charge in [0.25, 0.3) is 0 Å². The zero-order valence-electron chi connectivity index (χ0n) is 9.32. The first kappa shape index (κ1) is 15.6. The van der Waals surface area contributed by atoms with Crippen LogP contribution in [0.4, 0.5) is 8.78 Å². The lowest BCUT2D eigenvalue weighted by molar-refractivity contribution is -0.433. The Morgan fingerprint density at radius 2 is 1.88 bits per heavy atom. The van der Waals surface area contributed by atoms with Gasteiger partial charge in [-0.3, -0.25) is 4.79 Å². The third-order valence-electron chi connectivity index (χ3n) is 1.55.